The van der Waals surface area contributed by atoms with E-state index in [0.29, 0.717) is 12.4 Å². The molecule has 0 bridgehead atoms. The lowest BCUT2D eigenvalue weighted by molar-refractivity contribution is -0.141. The van der Waals surface area contributed by atoms with Gasteiger partial charge in [0.25, 0.3) is 0 Å². The molecule has 1 fully saturated rings. The van der Waals surface area contributed by atoms with Gasteiger partial charge in [-0.1, -0.05) is 18.2 Å². The Kier molecular flexibility index (Phi) is 4.36. The molecule has 2 aromatic rings. The van der Waals surface area contributed by atoms with E-state index in [1.54, 1.807) is 0 Å². The van der Waals surface area contributed by atoms with E-state index in [2.05, 4.69) is 10.2 Å². The van der Waals surface area contributed by atoms with E-state index in [9.17, 15) is 13.2 Å². The van der Waals surface area contributed by atoms with Gasteiger partial charge < -0.3 is 9.64 Å². The van der Waals surface area contributed by atoms with E-state index in [-0.39, 0.29) is 6.04 Å². The monoisotopic (exact) mass is 323 g/mol. The Labute approximate surface area is 131 Å². The van der Waals surface area contributed by atoms with E-state index in [4.69, 9.17) is 4.74 Å². The standard InChI is InChI=1S/C16H16F3N3O/c17-16(18,19)14-8-9-15(21-20-14)22-10-4-5-12(22)11-23-13-6-2-1-3-7-13/h1-3,6-9,12H,4-5,10-11H2/t12-/m0/s1. The summed E-state index contributed by atoms with van der Waals surface area (Å²) < 4.78 is 43.4. The number of benzene rings is 1. The normalized spacial score (nSPS) is 18.2. The van der Waals surface area contributed by atoms with E-state index in [0.717, 1.165) is 31.2 Å². The molecule has 1 saturated heterocycles. The van der Waals surface area contributed by atoms with Gasteiger partial charge in [0.1, 0.15) is 12.4 Å². The zero-order valence-electron chi connectivity index (χ0n) is 12.3. The fourth-order valence-electron chi connectivity index (χ4n) is 2.65. The van der Waals surface area contributed by atoms with E-state index >= 15 is 0 Å². The molecule has 0 saturated carbocycles. The van der Waals surface area contributed by atoms with Crippen LogP contribution in [0.25, 0.3) is 0 Å². The van der Waals surface area contributed by atoms with Crippen LogP contribution in [-0.2, 0) is 6.18 Å². The average Bonchev–Trinajstić information content (AvgIpc) is 3.02. The highest BCUT2D eigenvalue weighted by molar-refractivity contribution is 5.40. The molecule has 1 aromatic carbocycles. The third-order valence-corrected chi connectivity index (χ3v) is 3.80. The molecule has 0 N–H and O–H groups in total. The molecule has 1 aliphatic heterocycles. The van der Waals surface area contributed by atoms with Crippen molar-refractivity contribution in [3.8, 4) is 5.75 Å². The van der Waals surface area contributed by atoms with Gasteiger partial charge in [-0.15, -0.1) is 10.2 Å². The number of rotatable bonds is 4. The van der Waals surface area contributed by atoms with Crippen LogP contribution in [0, 0.1) is 0 Å². The smallest absolute Gasteiger partial charge is 0.435 e. The lowest BCUT2D eigenvalue weighted by atomic mass is 10.2. The fraction of sp³-hybridized carbons (Fsp3) is 0.375. The second-order valence-corrected chi connectivity index (χ2v) is 5.39. The number of hydrogen-bond acceptors (Lipinski definition) is 4. The molecule has 1 aliphatic rings. The maximum Gasteiger partial charge on any atom is 0.435 e. The lowest BCUT2D eigenvalue weighted by Crippen LogP contribution is -2.35. The summed E-state index contributed by atoms with van der Waals surface area (Å²) >= 11 is 0. The SMILES string of the molecule is FC(F)(F)c1ccc(N2CCC[C@H]2COc2ccccc2)nn1. The van der Waals surface area contributed by atoms with Crippen molar-refractivity contribution in [1.29, 1.82) is 0 Å². The van der Waals surface area contributed by atoms with Crippen molar-refractivity contribution in [2.45, 2.75) is 25.1 Å². The van der Waals surface area contributed by atoms with Gasteiger partial charge >= 0.3 is 6.18 Å². The van der Waals surface area contributed by atoms with Gasteiger partial charge in [0.2, 0.25) is 0 Å². The van der Waals surface area contributed by atoms with E-state index < -0.39 is 11.9 Å². The molecule has 2 heterocycles. The molecule has 4 nitrogen and oxygen atoms in total. The van der Waals surface area contributed by atoms with Crippen LogP contribution in [0.2, 0.25) is 0 Å². The summed E-state index contributed by atoms with van der Waals surface area (Å²) in [5, 5.41) is 7.02. The summed E-state index contributed by atoms with van der Waals surface area (Å²) in [6.07, 6.45) is -2.60. The highest BCUT2D eigenvalue weighted by Crippen LogP contribution is 2.29. The van der Waals surface area contributed by atoms with Crippen molar-refractivity contribution in [2.75, 3.05) is 18.1 Å². The quantitative estimate of drug-likeness (QED) is 0.862. The van der Waals surface area contributed by atoms with Gasteiger partial charge in [-0.2, -0.15) is 13.2 Å². The molecule has 0 aliphatic carbocycles. The Morgan fingerprint density at radius 3 is 2.52 bits per heavy atom. The van der Waals surface area contributed by atoms with Crippen LogP contribution in [0.3, 0.4) is 0 Å². The number of aromatic nitrogens is 2. The zero-order valence-corrected chi connectivity index (χ0v) is 12.3. The molecule has 7 heteroatoms. The summed E-state index contributed by atoms with van der Waals surface area (Å²) in [6, 6.07) is 11.9. The van der Waals surface area contributed by atoms with Crippen molar-refractivity contribution in [1.82, 2.24) is 10.2 Å². The minimum Gasteiger partial charge on any atom is -0.491 e. The maximum absolute atomic E-state index is 12.5. The molecule has 122 valence electrons. The molecular weight excluding hydrogens is 307 g/mol. The summed E-state index contributed by atoms with van der Waals surface area (Å²) in [6.45, 7) is 1.20. The zero-order chi connectivity index (χ0) is 16.3. The Balaban J connectivity index is 1.66. The number of ether oxygens (including phenoxy) is 1. The van der Waals surface area contributed by atoms with Gasteiger partial charge in [0.05, 0.1) is 6.04 Å². The van der Waals surface area contributed by atoms with E-state index in [1.165, 1.54) is 6.07 Å². The molecule has 1 aromatic heterocycles. The number of para-hydroxylation sites is 1. The Bertz CT molecular complexity index is 631. The third kappa shape index (κ3) is 3.72. The number of alkyl halides is 3. The Morgan fingerprint density at radius 1 is 1.09 bits per heavy atom. The summed E-state index contributed by atoms with van der Waals surface area (Å²) in [5.41, 5.74) is -0.975. The van der Waals surface area contributed by atoms with Gasteiger partial charge in [-0.25, -0.2) is 0 Å². The average molecular weight is 323 g/mol. The van der Waals surface area contributed by atoms with Gasteiger partial charge in [0, 0.05) is 6.54 Å². The molecule has 23 heavy (non-hydrogen) atoms. The number of anilines is 1. The first kappa shape index (κ1) is 15.6. The second-order valence-electron chi connectivity index (χ2n) is 5.39. The van der Waals surface area contributed by atoms with Gasteiger partial charge in [-0.3, -0.25) is 0 Å². The lowest BCUT2D eigenvalue weighted by Gasteiger charge is -2.25. The summed E-state index contributed by atoms with van der Waals surface area (Å²) in [5.74, 6) is 1.23. The number of halogens is 3. The second kappa shape index (κ2) is 6.44. The summed E-state index contributed by atoms with van der Waals surface area (Å²) in [4.78, 5) is 1.95. The van der Waals surface area contributed by atoms with Crippen LogP contribution in [0.5, 0.6) is 5.75 Å². The molecule has 3 rings (SSSR count). The fourth-order valence-corrected chi connectivity index (χ4v) is 2.65. The van der Waals surface area contributed by atoms with Crippen LogP contribution >= 0.6 is 0 Å². The summed E-state index contributed by atoms with van der Waals surface area (Å²) in [7, 11) is 0. The van der Waals surface area contributed by atoms with Crippen LogP contribution < -0.4 is 9.64 Å². The van der Waals surface area contributed by atoms with Crippen molar-refractivity contribution < 1.29 is 17.9 Å². The predicted molar refractivity (Wildman–Crippen MR) is 79.3 cm³/mol. The van der Waals surface area contributed by atoms with Crippen molar-refractivity contribution in [3.63, 3.8) is 0 Å². The highest BCUT2D eigenvalue weighted by Gasteiger charge is 2.34. The largest absolute Gasteiger partial charge is 0.491 e. The first-order valence-corrected chi connectivity index (χ1v) is 7.39. The molecule has 0 unspecified atom stereocenters. The molecule has 0 radical (unpaired) electrons. The molecular formula is C16H16F3N3O. The molecule has 0 amide bonds. The maximum atomic E-state index is 12.5. The van der Waals surface area contributed by atoms with Crippen molar-refractivity contribution >= 4 is 5.82 Å². The first-order chi connectivity index (χ1) is 11.0. The van der Waals surface area contributed by atoms with Crippen molar-refractivity contribution in [3.05, 3.63) is 48.2 Å². The predicted octanol–water partition coefficient (Wildman–Crippen LogP) is 3.54. The minimum atomic E-state index is -4.47. The number of nitrogens with zero attached hydrogens (tertiary/aromatic N) is 3. The van der Waals surface area contributed by atoms with Crippen LogP contribution in [0.4, 0.5) is 19.0 Å². The number of hydrogen-bond donors (Lipinski definition) is 0. The third-order valence-electron chi connectivity index (χ3n) is 3.80. The van der Waals surface area contributed by atoms with Crippen LogP contribution in [-0.4, -0.2) is 29.4 Å². The van der Waals surface area contributed by atoms with Crippen LogP contribution in [0.1, 0.15) is 18.5 Å². The topological polar surface area (TPSA) is 38.2 Å². The molecule has 0 spiro atoms. The Morgan fingerprint density at radius 2 is 1.87 bits per heavy atom. The minimum absolute atomic E-state index is 0.0845. The molecule has 1 atom stereocenters. The first-order valence-electron chi connectivity index (χ1n) is 7.39. The van der Waals surface area contributed by atoms with Gasteiger partial charge in [0.15, 0.2) is 11.5 Å². The van der Waals surface area contributed by atoms with Crippen molar-refractivity contribution in [2.24, 2.45) is 0 Å². The Hall–Kier alpha value is -2.31. The van der Waals surface area contributed by atoms with Crippen LogP contribution in [0.15, 0.2) is 42.5 Å². The van der Waals surface area contributed by atoms with E-state index in [1.807, 2.05) is 35.2 Å². The highest BCUT2D eigenvalue weighted by atomic mass is 19.4. The van der Waals surface area contributed by atoms with Gasteiger partial charge in [-0.05, 0) is 37.1 Å².